The van der Waals surface area contributed by atoms with Crippen molar-refractivity contribution in [3.8, 4) is 21.3 Å². The minimum absolute atomic E-state index is 0.218. The zero-order valence-electron chi connectivity index (χ0n) is 14.4. The lowest BCUT2D eigenvalue weighted by Gasteiger charge is -2.04. The second kappa shape index (κ2) is 7.22. The van der Waals surface area contributed by atoms with Gasteiger partial charge in [-0.15, -0.1) is 22.7 Å². The summed E-state index contributed by atoms with van der Waals surface area (Å²) in [7, 11) is 1.80. The van der Waals surface area contributed by atoms with Crippen molar-refractivity contribution in [3.05, 3.63) is 57.6 Å². The molecule has 1 amide bonds. The molecule has 0 saturated heterocycles. The van der Waals surface area contributed by atoms with E-state index in [9.17, 15) is 4.79 Å². The van der Waals surface area contributed by atoms with E-state index in [1.807, 2.05) is 37.3 Å². The van der Waals surface area contributed by atoms with Gasteiger partial charge in [0, 0.05) is 19.4 Å². The van der Waals surface area contributed by atoms with E-state index >= 15 is 0 Å². The van der Waals surface area contributed by atoms with Crippen LogP contribution in [-0.2, 0) is 7.05 Å². The lowest BCUT2D eigenvalue weighted by atomic mass is 10.2. The van der Waals surface area contributed by atoms with Crippen LogP contribution in [0.2, 0.25) is 4.34 Å². The van der Waals surface area contributed by atoms with Gasteiger partial charge >= 0.3 is 0 Å². The van der Waals surface area contributed by atoms with Gasteiger partial charge in [0.15, 0.2) is 0 Å². The van der Waals surface area contributed by atoms with Gasteiger partial charge in [-0.25, -0.2) is 4.98 Å². The van der Waals surface area contributed by atoms with E-state index in [0.717, 1.165) is 9.88 Å². The van der Waals surface area contributed by atoms with E-state index in [0.29, 0.717) is 32.0 Å². The smallest absolute Gasteiger partial charge is 0.267 e. The van der Waals surface area contributed by atoms with E-state index in [2.05, 4.69) is 20.4 Å². The number of thiophene rings is 1. The van der Waals surface area contributed by atoms with Crippen LogP contribution in [0.3, 0.4) is 0 Å². The van der Waals surface area contributed by atoms with Gasteiger partial charge in [0.1, 0.15) is 15.6 Å². The topological polar surface area (TPSA) is 72.7 Å². The molecule has 0 atom stereocenters. The van der Waals surface area contributed by atoms with Crippen LogP contribution in [0.1, 0.15) is 15.4 Å². The molecule has 9 heteroatoms. The molecule has 4 aromatic heterocycles. The lowest BCUT2D eigenvalue weighted by Crippen LogP contribution is -2.11. The third kappa shape index (κ3) is 3.64. The summed E-state index contributed by atoms with van der Waals surface area (Å²) in [6.45, 7) is 1.83. The molecule has 4 rings (SSSR count). The van der Waals surface area contributed by atoms with Crippen LogP contribution in [0.25, 0.3) is 21.3 Å². The predicted octanol–water partition coefficient (Wildman–Crippen LogP) is 4.88. The summed E-state index contributed by atoms with van der Waals surface area (Å²) in [4.78, 5) is 23.2. The molecule has 6 nitrogen and oxygen atoms in total. The van der Waals surface area contributed by atoms with Crippen LogP contribution in [0.15, 0.2) is 42.7 Å². The molecule has 1 N–H and O–H groups in total. The summed E-state index contributed by atoms with van der Waals surface area (Å²) in [5.41, 5.74) is 2.61. The number of carbonyl (C=O) groups excluding carboxylic acids is 1. The standard InChI is InChI=1S/C18H14ClN5OS2/c1-10-16(27-18(21-10)13-6-7-14(19)26-13)17(25)22-12-9-24(2)23-15(12)11-5-3-4-8-20-11/h3-9H,1-2H3,(H,22,25). The molecule has 0 aliphatic heterocycles. The summed E-state index contributed by atoms with van der Waals surface area (Å²) in [6.07, 6.45) is 3.46. The largest absolute Gasteiger partial charge is 0.318 e. The van der Waals surface area contributed by atoms with Crippen LogP contribution < -0.4 is 5.32 Å². The first kappa shape index (κ1) is 17.8. The molecule has 0 bridgehead atoms. The Labute approximate surface area is 168 Å². The van der Waals surface area contributed by atoms with E-state index in [1.165, 1.54) is 22.7 Å². The average Bonchev–Trinajstić information content (AvgIpc) is 3.34. The van der Waals surface area contributed by atoms with Crippen molar-refractivity contribution in [2.75, 3.05) is 5.32 Å². The van der Waals surface area contributed by atoms with Crippen LogP contribution in [-0.4, -0.2) is 25.7 Å². The molecule has 136 valence electrons. The third-order valence-electron chi connectivity index (χ3n) is 3.77. The van der Waals surface area contributed by atoms with Crippen molar-refractivity contribution >= 4 is 45.9 Å². The maximum atomic E-state index is 12.9. The molecule has 0 aliphatic carbocycles. The molecule has 0 spiro atoms. The van der Waals surface area contributed by atoms with Gasteiger partial charge in [0.2, 0.25) is 0 Å². The highest BCUT2D eigenvalue weighted by molar-refractivity contribution is 7.24. The van der Waals surface area contributed by atoms with Crippen LogP contribution >= 0.6 is 34.3 Å². The van der Waals surface area contributed by atoms with Gasteiger partial charge < -0.3 is 5.32 Å². The number of aromatic nitrogens is 4. The maximum absolute atomic E-state index is 12.9. The number of nitrogens with zero attached hydrogens (tertiary/aromatic N) is 4. The van der Waals surface area contributed by atoms with Gasteiger partial charge in [0.05, 0.1) is 26.3 Å². The van der Waals surface area contributed by atoms with Gasteiger partial charge in [-0.1, -0.05) is 17.7 Å². The van der Waals surface area contributed by atoms with E-state index in [4.69, 9.17) is 11.6 Å². The summed E-state index contributed by atoms with van der Waals surface area (Å²) < 4.78 is 2.34. The highest BCUT2D eigenvalue weighted by atomic mass is 35.5. The Morgan fingerprint density at radius 3 is 2.78 bits per heavy atom. The summed E-state index contributed by atoms with van der Waals surface area (Å²) in [5.74, 6) is -0.218. The molecule has 0 saturated carbocycles. The van der Waals surface area contributed by atoms with Crippen molar-refractivity contribution in [1.29, 1.82) is 0 Å². The Hall–Kier alpha value is -2.55. The molecule has 0 unspecified atom stereocenters. The van der Waals surface area contributed by atoms with Crippen LogP contribution in [0, 0.1) is 6.92 Å². The Kier molecular flexibility index (Phi) is 4.77. The van der Waals surface area contributed by atoms with Crippen molar-refractivity contribution in [2.45, 2.75) is 6.92 Å². The minimum Gasteiger partial charge on any atom is -0.318 e. The first-order valence-electron chi connectivity index (χ1n) is 8.01. The molecule has 4 aromatic rings. The van der Waals surface area contributed by atoms with Gasteiger partial charge in [-0.3, -0.25) is 14.5 Å². The van der Waals surface area contributed by atoms with Gasteiger partial charge in [0.25, 0.3) is 5.91 Å². The molecule has 0 aliphatic rings. The quantitative estimate of drug-likeness (QED) is 0.515. The number of pyridine rings is 1. The second-order valence-corrected chi connectivity index (χ2v) is 8.49. The number of amides is 1. The first-order valence-corrected chi connectivity index (χ1v) is 10.0. The fourth-order valence-electron chi connectivity index (χ4n) is 2.59. The van der Waals surface area contributed by atoms with Crippen LogP contribution in [0.5, 0.6) is 0 Å². The number of halogens is 1. The predicted molar refractivity (Wildman–Crippen MR) is 110 cm³/mol. The van der Waals surface area contributed by atoms with Crippen LogP contribution in [0.4, 0.5) is 5.69 Å². The third-order valence-corrected chi connectivity index (χ3v) is 6.33. The number of hydrogen-bond acceptors (Lipinski definition) is 6. The number of anilines is 1. The Bertz CT molecular complexity index is 1120. The van der Waals surface area contributed by atoms with E-state index < -0.39 is 0 Å². The number of nitrogens with one attached hydrogen (secondary N) is 1. The Morgan fingerprint density at radius 1 is 1.22 bits per heavy atom. The molecule has 0 radical (unpaired) electrons. The highest BCUT2D eigenvalue weighted by Crippen LogP contribution is 2.35. The van der Waals surface area contributed by atoms with Gasteiger partial charge in [-0.2, -0.15) is 5.10 Å². The number of thiazole rings is 1. The second-order valence-electron chi connectivity index (χ2n) is 5.77. The number of rotatable bonds is 4. The molecule has 0 fully saturated rings. The fourth-order valence-corrected chi connectivity index (χ4v) is 4.65. The minimum atomic E-state index is -0.218. The van der Waals surface area contributed by atoms with Gasteiger partial charge in [-0.05, 0) is 31.2 Å². The summed E-state index contributed by atoms with van der Waals surface area (Å²) >= 11 is 8.79. The number of hydrogen-bond donors (Lipinski definition) is 1. The molecule has 0 aromatic carbocycles. The zero-order chi connectivity index (χ0) is 19.0. The van der Waals surface area contributed by atoms with Crippen molar-refractivity contribution in [1.82, 2.24) is 19.7 Å². The monoisotopic (exact) mass is 415 g/mol. The van der Waals surface area contributed by atoms with Crippen molar-refractivity contribution in [3.63, 3.8) is 0 Å². The van der Waals surface area contributed by atoms with Crippen molar-refractivity contribution < 1.29 is 4.79 Å². The molecule has 27 heavy (non-hydrogen) atoms. The summed E-state index contributed by atoms with van der Waals surface area (Å²) in [5, 5.41) is 8.15. The Morgan fingerprint density at radius 2 is 2.07 bits per heavy atom. The summed E-state index contributed by atoms with van der Waals surface area (Å²) in [6, 6.07) is 9.31. The van der Waals surface area contributed by atoms with Crippen molar-refractivity contribution in [2.24, 2.45) is 7.05 Å². The Balaban J connectivity index is 1.63. The molecule has 4 heterocycles. The zero-order valence-corrected chi connectivity index (χ0v) is 16.8. The highest BCUT2D eigenvalue weighted by Gasteiger charge is 2.20. The number of carbonyl (C=O) groups is 1. The maximum Gasteiger partial charge on any atom is 0.267 e. The number of aryl methyl sites for hydroxylation is 2. The molecular weight excluding hydrogens is 402 g/mol. The first-order chi connectivity index (χ1) is 13.0. The van der Waals surface area contributed by atoms with E-state index in [1.54, 1.807) is 24.1 Å². The fraction of sp³-hybridized carbons (Fsp3) is 0.111. The normalized spacial score (nSPS) is 10.9. The molecular formula is C18H14ClN5OS2. The SMILES string of the molecule is Cc1nc(-c2ccc(Cl)s2)sc1C(=O)Nc1cn(C)nc1-c1ccccn1. The van der Waals surface area contributed by atoms with E-state index in [-0.39, 0.29) is 5.91 Å². The average molecular weight is 416 g/mol. The lowest BCUT2D eigenvalue weighted by molar-refractivity contribution is 0.103.